The topological polar surface area (TPSA) is 65.9 Å². The first-order valence-corrected chi connectivity index (χ1v) is 8.21. The molecule has 0 aromatic carbocycles. The van der Waals surface area contributed by atoms with E-state index in [9.17, 15) is 9.90 Å². The minimum absolute atomic E-state index is 0.143. The number of ether oxygens (including phenoxy) is 1. The fourth-order valence-electron chi connectivity index (χ4n) is 4.03. The highest BCUT2D eigenvalue weighted by atomic mass is 16.5. The second kappa shape index (κ2) is 6.45. The SMILES string of the molecule is COC(=O)c1cccnc1N1CCC[C@]2(CN(C)CC[C@@H]2O)C1. The predicted molar refractivity (Wildman–Crippen MR) is 87.6 cm³/mol. The zero-order valence-corrected chi connectivity index (χ0v) is 13.9. The van der Waals surface area contributed by atoms with E-state index in [1.54, 1.807) is 18.3 Å². The lowest BCUT2D eigenvalue weighted by Crippen LogP contribution is -2.58. The molecule has 2 saturated heterocycles. The number of aliphatic hydroxyl groups is 1. The van der Waals surface area contributed by atoms with Gasteiger partial charge in [-0.05, 0) is 38.4 Å². The van der Waals surface area contributed by atoms with Gasteiger partial charge in [-0.25, -0.2) is 9.78 Å². The van der Waals surface area contributed by atoms with Gasteiger partial charge in [-0.3, -0.25) is 0 Å². The Morgan fingerprint density at radius 3 is 3.04 bits per heavy atom. The first-order valence-electron chi connectivity index (χ1n) is 8.21. The third-order valence-corrected chi connectivity index (χ3v) is 5.18. The highest BCUT2D eigenvalue weighted by molar-refractivity contribution is 5.94. The maximum Gasteiger partial charge on any atom is 0.341 e. The number of esters is 1. The number of methoxy groups -OCH3 is 1. The first-order chi connectivity index (χ1) is 11.1. The molecule has 6 nitrogen and oxygen atoms in total. The molecular weight excluding hydrogens is 294 g/mol. The molecule has 126 valence electrons. The summed E-state index contributed by atoms with van der Waals surface area (Å²) < 4.78 is 4.88. The molecule has 1 aromatic heterocycles. The van der Waals surface area contributed by atoms with Crippen LogP contribution in [0.5, 0.6) is 0 Å². The Morgan fingerprint density at radius 1 is 1.43 bits per heavy atom. The van der Waals surface area contributed by atoms with Crippen molar-refractivity contribution in [3.63, 3.8) is 0 Å². The summed E-state index contributed by atoms with van der Waals surface area (Å²) in [6.07, 6.45) is 4.20. The molecule has 2 aliphatic rings. The van der Waals surface area contributed by atoms with Gasteiger partial charge in [-0.15, -0.1) is 0 Å². The van der Waals surface area contributed by atoms with Gasteiger partial charge in [-0.2, -0.15) is 0 Å². The Balaban J connectivity index is 1.88. The van der Waals surface area contributed by atoms with Crippen molar-refractivity contribution in [2.24, 2.45) is 5.41 Å². The van der Waals surface area contributed by atoms with Crippen LogP contribution < -0.4 is 4.90 Å². The van der Waals surface area contributed by atoms with E-state index in [2.05, 4.69) is 21.8 Å². The number of rotatable bonds is 2. The maximum absolute atomic E-state index is 12.0. The fraction of sp³-hybridized carbons (Fsp3) is 0.647. The number of anilines is 1. The number of nitrogens with zero attached hydrogens (tertiary/aromatic N) is 3. The zero-order chi connectivity index (χ0) is 16.4. The number of aliphatic hydroxyl groups excluding tert-OH is 1. The zero-order valence-electron chi connectivity index (χ0n) is 13.9. The van der Waals surface area contributed by atoms with Crippen LogP contribution in [-0.2, 0) is 4.74 Å². The van der Waals surface area contributed by atoms with Gasteiger partial charge in [0.15, 0.2) is 0 Å². The molecule has 6 heteroatoms. The lowest BCUT2D eigenvalue weighted by Gasteiger charge is -2.50. The van der Waals surface area contributed by atoms with Crippen LogP contribution in [0.2, 0.25) is 0 Å². The van der Waals surface area contributed by atoms with Crippen molar-refractivity contribution < 1.29 is 14.6 Å². The predicted octanol–water partition coefficient (Wildman–Crippen LogP) is 1.15. The summed E-state index contributed by atoms with van der Waals surface area (Å²) in [4.78, 5) is 20.9. The molecule has 0 aliphatic carbocycles. The minimum Gasteiger partial charge on any atom is -0.465 e. The number of carbonyl (C=O) groups is 1. The summed E-state index contributed by atoms with van der Waals surface area (Å²) in [7, 11) is 3.49. The van der Waals surface area contributed by atoms with Crippen LogP contribution in [0.15, 0.2) is 18.3 Å². The van der Waals surface area contributed by atoms with Gasteiger partial charge in [0.05, 0.1) is 13.2 Å². The largest absolute Gasteiger partial charge is 0.465 e. The van der Waals surface area contributed by atoms with Crippen molar-refractivity contribution in [1.82, 2.24) is 9.88 Å². The van der Waals surface area contributed by atoms with Crippen LogP contribution >= 0.6 is 0 Å². The summed E-state index contributed by atoms with van der Waals surface area (Å²) in [5.74, 6) is 0.299. The normalized spacial score (nSPS) is 28.8. The molecule has 23 heavy (non-hydrogen) atoms. The Kier molecular flexibility index (Phi) is 4.55. The number of hydrogen-bond donors (Lipinski definition) is 1. The molecule has 2 aliphatic heterocycles. The third kappa shape index (κ3) is 3.05. The highest BCUT2D eigenvalue weighted by Crippen LogP contribution is 2.40. The Bertz CT molecular complexity index is 580. The molecule has 1 N–H and O–H groups in total. The number of piperidine rings is 2. The number of aromatic nitrogens is 1. The quantitative estimate of drug-likeness (QED) is 0.825. The lowest BCUT2D eigenvalue weighted by molar-refractivity contribution is -0.0466. The molecule has 0 bridgehead atoms. The summed E-state index contributed by atoms with van der Waals surface area (Å²) >= 11 is 0. The molecule has 3 heterocycles. The van der Waals surface area contributed by atoms with Crippen LogP contribution in [0.4, 0.5) is 5.82 Å². The van der Waals surface area contributed by atoms with Crippen molar-refractivity contribution >= 4 is 11.8 Å². The van der Waals surface area contributed by atoms with Gasteiger partial charge in [0.1, 0.15) is 11.4 Å². The smallest absolute Gasteiger partial charge is 0.341 e. The van der Waals surface area contributed by atoms with Crippen LogP contribution in [0.3, 0.4) is 0 Å². The van der Waals surface area contributed by atoms with E-state index >= 15 is 0 Å². The van der Waals surface area contributed by atoms with E-state index in [1.807, 2.05) is 0 Å². The molecule has 0 saturated carbocycles. The number of likely N-dealkylation sites (tertiary alicyclic amines) is 1. The van der Waals surface area contributed by atoms with Crippen molar-refractivity contribution in [3.8, 4) is 0 Å². The van der Waals surface area contributed by atoms with E-state index in [0.29, 0.717) is 11.4 Å². The molecule has 0 unspecified atom stereocenters. The number of hydrogen-bond acceptors (Lipinski definition) is 6. The van der Waals surface area contributed by atoms with E-state index in [1.165, 1.54) is 7.11 Å². The van der Waals surface area contributed by atoms with Gasteiger partial charge in [0.2, 0.25) is 0 Å². The second-order valence-electron chi connectivity index (χ2n) is 6.80. The molecular formula is C17H25N3O3. The summed E-state index contributed by atoms with van der Waals surface area (Å²) in [5.41, 5.74) is 0.349. The van der Waals surface area contributed by atoms with E-state index in [0.717, 1.165) is 45.4 Å². The summed E-state index contributed by atoms with van der Waals surface area (Å²) in [6.45, 7) is 3.38. The monoisotopic (exact) mass is 319 g/mol. The van der Waals surface area contributed by atoms with Gasteiger partial charge in [-0.1, -0.05) is 0 Å². The molecule has 1 spiro atoms. The van der Waals surface area contributed by atoms with Crippen LogP contribution in [0.1, 0.15) is 29.6 Å². The minimum atomic E-state index is -0.367. The van der Waals surface area contributed by atoms with Gasteiger partial charge >= 0.3 is 5.97 Å². The van der Waals surface area contributed by atoms with Crippen LogP contribution in [0.25, 0.3) is 0 Å². The Morgan fingerprint density at radius 2 is 2.26 bits per heavy atom. The van der Waals surface area contributed by atoms with Gasteiger partial charge < -0.3 is 19.6 Å². The molecule has 2 atom stereocenters. The van der Waals surface area contributed by atoms with Crippen molar-refractivity contribution in [1.29, 1.82) is 0 Å². The van der Waals surface area contributed by atoms with Crippen LogP contribution in [-0.4, -0.2) is 67.4 Å². The average molecular weight is 319 g/mol. The molecule has 0 amide bonds. The summed E-state index contributed by atoms with van der Waals surface area (Å²) in [6, 6.07) is 3.50. The standard InChI is InChI=1S/C17H25N3O3/c1-19-10-6-14(21)17(11-19)7-4-9-20(12-17)15-13(16(22)23-2)5-3-8-18-15/h3,5,8,14,21H,4,6-7,9-12H2,1-2H3/t14-,17-/m0/s1. The molecule has 1 aromatic rings. The Labute approximate surface area is 137 Å². The van der Waals surface area contributed by atoms with Gasteiger partial charge in [0, 0.05) is 37.8 Å². The number of pyridine rings is 1. The van der Waals surface area contributed by atoms with E-state index in [-0.39, 0.29) is 17.5 Å². The first kappa shape index (κ1) is 16.2. The van der Waals surface area contributed by atoms with Crippen molar-refractivity contribution in [2.75, 3.05) is 45.2 Å². The van der Waals surface area contributed by atoms with E-state index < -0.39 is 0 Å². The second-order valence-corrected chi connectivity index (χ2v) is 6.80. The highest BCUT2D eigenvalue weighted by Gasteiger charge is 2.45. The third-order valence-electron chi connectivity index (χ3n) is 5.18. The average Bonchev–Trinajstić information content (AvgIpc) is 2.58. The lowest BCUT2D eigenvalue weighted by atomic mass is 9.71. The van der Waals surface area contributed by atoms with Crippen molar-refractivity contribution in [3.05, 3.63) is 23.9 Å². The molecule has 0 radical (unpaired) electrons. The fourth-order valence-corrected chi connectivity index (χ4v) is 4.03. The number of carbonyl (C=O) groups excluding carboxylic acids is 1. The molecule has 3 rings (SSSR count). The van der Waals surface area contributed by atoms with Crippen LogP contribution in [0, 0.1) is 5.41 Å². The van der Waals surface area contributed by atoms with Gasteiger partial charge in [0.25, 0.3) is 0 Å². The van der Waals surface area contributed by atoms with E-state index in [4.69, 9.17) is 4.74 Å². The van der Waals surface area contributed by atoms with Crippen molar-refractivity contribution in [2.45, 2.75) is 25.4 Å². The Hall–Kier alpha value is -1.66. The summed E-state index contributed by atoms with van der Waals surface area (Å²) in [5, 5.41) is 10.6. The maximum atomic E-state index is 12.0. The molecule has 2 fully saturated rings.